The number of halogens is 1. The van der Waals surface area contributed by atoms with Crippen molar-refractivity contribution >= 4 is 27.3 Å². The van der Waals surface area contributed by atoms with Gasteiger partial charge in [0.1, 0.15) is 0 Å². The fourth-order valence-corrected chi connectivity index (χ4v) is 2.55. The smallest absolute Gasteiger partial charge is 0.0514 e. The minimum absolute atomic E-state index is 0.528. The molecule has 16 heavy (non-hydrogen) atoms. The zero-order valence-electron chi connectivity index (χ0n) is 9.91. The zero-order chi connectivity index (χ0) is 11.7. The maximum Gasteiger partial charge on any atom is 0.0514 e. The first-order valence-electron chi connectivity index (χ1n) is 5.89. The fraction of sp³-hybridized carbons (Fsp3) is 0.538. The van der Waals surface area contributed by atoms with Gasteiger partial charge < -0.3 is 10.6 Å². The molecule has 0 radical (unpaired) electrons. The summed E-state index contributed by atoms with van der Waals surface area (Å²) in [5.74, 6) is 0.895. The van der Waals surface area contributed by atoms with Crippen molar-refractivity contribution < 1.29 is 0 Å². The Labute approximate surface area is 106 Å². The number of benzene rings is 1. The van der Waals surface area contributed by atoms with Crippen molar-refractivity contribution in [2.24, 2.45) is 5.92 Å². The van der Waals surface area contributed by atoms with E-state index in [0.29, 0.717) is 6.04 Å². The highest BCUT2D eigenvalue weighted by Crippen LogP contribution is 2.35. The average molecular weight is 283 g/mol. The van der Waals surface area contributed by atoms with Crippen LogP contribution in [-0.4, -0.2) is 12.6 Å². The molecule has 1 aliphatic carbocycles. The Morgan fingerprint density at radius 3 is 2.62 bits per heavy atom. The van der Waals surface area contributed by atoms with E-state index in [2.05, 4.69) is 40.7 Å². The lowest BCUT2D eigenvalue weighted by Crippen LogP contribution is -2.33. The topological polar surface area (TPSA) is 29.3 Å². The van der Waals surface area contributed by atoms with E-state index < -0.39 is 0 Å². The lowest BCUT2D eigenvalue weighted by molar-refractivity contribution is 0.644. The van der Waals surface area contributed by atoms with Crippen LogP contribution >= 0.6 is 15.9 Å². The van der Waals surface area contributed by atoms with Crippen LogP contribution < -0.4 is 10.6 Å². The highest BCUT2D eigenvalue weighted by Gasteiger charge is 2.26. The van der Waals surface area contributed by atoms with Crippen LogP contribution in [0.25, 0.3) is 0 Å². The van der Waals surface area contributed by atoms with Crippen LogP contribution in [0.3, 0.4) is 0 Å². The largest absolute Gasteiger partial charge is 0.399 e. The van der Waals surface area contributed by atoms with E-state index >= 15 is 0 Å². The van der Waals surface area contributed by atoms with E-state index in [9.17, 15) is 0 Å². The van der Waals surface area contributed by atoms with Gasteiger partial charge in [0, 0.05) is 22.7 Å². The van der Waals surface area contributed by atoms with Crippen molar-refractivity contribution in [3.05, 3.63) is 22.7 Å². The lowest BCUT2D eigenvalue weighted by atomic mass is 10.2. The molecular weight excluding hydrogens is 264 g/mol. The Bertz CT molecular complexity index is 372. The van der Waals surface area contributed by atoms with Gasteiger partial charge in [0.05, 0.1) is 5.69 Å². The lowest BCUT2D eigenvalue weighted by Gasteiger charge is -2.30. The molecule has 0 aromatic heterocycles. The molecule has 0 unspecified atom stereocenters. The summed E-state index contributed by atoms with van der Waals surface area (Å²) in [5, 5.41) is 0. The zero-order valence-corrected chi connectivity index (χ0v) is 11.5. The second kappa shape index (κ2) is 4.66. The molecule has 0 heterocycles. The highest BCUT2D eigenvalue weighted by atomic mass is 79.9. The minimum Gasteiger partial charge on any atom is -0.399 e. The first-order valence-corrected chi connectivity index (χ1v) is 6.69. The quantitative estimate of drug-likeness (QED) is 0.854. The third-order valence-electron chi connectivity index (χ3n) is 3.06. The number of rotatable bonds is 4. The SMILES string of the molecule is CC(C)N(CC1CC1)c1ccc(N)cc1Br. The van der Waals surface area contributed by atoms with Gasteiger partial charge in [-0.25, -0.2) is 0 Å². The van der Waals surface area contributed by atoms with E-state index in [1.165, 1.54) is 25.1 Å². The molecule has 88 valence electrons. The van der Waals surface area contributed by atoms with Crippen molar-refractivity contribution in [3.63, 3.8) is 0 Å². The molecule has 2 rings (SSSR count). The van der Waals surface area contributed by atoms with Gasteiger partial charge in [-0.1, -0.05) is 0 Å². The summed E-state index contributed by atoms with van der Waals surface area (Å²) in [5.41, 5.74) is 7.84. The van der Waals surface area contributed by atoms with Crippen LogP contribution in [-0.2, 0) is 0 Å². The molecule has 1 aromatic rings. The van der Waals surface area contributed by atoms with Crippen LogP contribution in [0.1, 0.15) is 26.7 Å². The van der Waals surface area contributed by atoms with E-state index in [0.717, 1.165) is 16.1 Å². The van der Waals surface area contributed by atoms with Crippen molar-refractivity contribution in [2.75, 3.05) is 17.2 Å². The Balaban J connectivity index is 2.22. The molecule has 0 amide bonds. The maximum absolute atomic E-state index is 5.77. The minimum atomic E-state index is 0.528. The van der Waals surface area contributed by atoms with Crippen molar-refractivity contribution in [3.8, 4) is 0 Å². The number of hydrogen-bond donors (Lipinski definition) is 1. The Morgan fingerprint density at radius 1 is 1.44 bits per heavy atom. The van der Waals surface area contributed by atoms with Gasteiger partial charge >= 0.3 is 0 Å². The third kappa shape index (κ3) is 2.70. The van der Waals surface area contributed by atoms with Crippen molar-refractivity contribution in [1.29, 1.82) is 0 Å². The van der Waals surface area contributed by atoms with Gasteiger partial charge in [0.25, 0.3) is 0 Å². The molecule has 2 nitrogen and oxygen atoms in total. The third-order valence-corrected chi connectivity index (χ3v) is 3.69. The molecule has 0 aliphatic heterocycles. The van der Waals surface area contributed by atoms with E-state index in [1.54, 1.807) is 0 Å². The summed E-state index contributed by atoms with van der Waals surface area (Å²) in [7, 11) is 0. The summed E-state index contributed by atoms with van der Waals surface area (Å²) >= 11 is 3.60. The van der Waals surface area contributed by atoms with Gasteiger partial charge in [-0.3, -0.25) is 0 Å². The van der Waals surface area contributed by atoms with Gasteiger partial charge in [0.2, 0.25) is 0 Å². The standard InChI is InChI=1S/C13H19BrN2/c1-9(2)16(8-10-3-4-10)13-6-5-11(15)7-12(13)14/h5-7,9-10H,3-4,8,15H2,1-2H3. The van der Waals surface area contributed by atoms with Crippen LogP contribution in [0.5, 0.6) is 0 Å². The Morgan fingerprint density at radius 2 is 2.12 bits per heavy atom. The molecule has 0 saturated heterocycles. The molecule has 1 aliphatic rings. The van der Waals surface area contributed by atoms with E-state index in [1.807, 2.05) is 12.1 Å². The Hall–Kier alpha value is -0.700. The second-order valence-corrected chi connectivity index (χ2v) is 5.75. The summed E-state index contributed by atoms with van der Waals surface area (Å²) in [6, 6.07) is 6.60. The molecule has 1 aromatic carbocycles. The van der Waals surface area contributed by atoms with Crippen LogP contribution in [0.2, 0.25) is 0 Å². The molecule has 1 fully saturated rings. The van der Waals surface area contributed by atoms with Crippen molar-refractivity contribution in [1.82, 2.24) is 0 Å². The van der Waals surface area contributed by atoms with Crippen LogP contribution in [0, 0.1) is 5.92 Å². The number of nitrogen functional groups attached to an aromatic ring is 1. The normalized spacial score (nSPS) is 15.5. The summed E-state index contributed by atoms with van der Waals surface area (Å²) in [6.45, 7) is 5.65. The second-order valence-electron chi connectivity index (χ2n) is 4.90. The number of nitrogens with zero attached hydrogens (tertiary/aromatic N) is 1. The fourth-order valence-electron chi connectivity index (χ4n) is 1.92. The van der Waals surface area contributed by atoms with Gasteiger partial charge in [-0.15, -0.1) is 0 Å². The number of hydrogen-bond acceptors (Lipinski definition) is 2. The van der Waals surface area contributed by atoms with Crippen molar-refractivity contribution in [2.45, 2.75) is 32.7 Å². The molecule has 2 N–H and O–H groups in total. The van der Waals surface area contributed by atoms with Crippen LogP contribution in [0.4, 0.5) is 11.4 Å². The summed E-state index contributed by atoms with van der Waals surface area (Å²) in [4.78, 5) is 2.46. The highest BCUT2D eigenvalue weighted by molar-refractivity contribution is 9.10. The molecule has 1 saturated carbocycles. The van der Waals surface area contributed by atoms with E-state index in [4.69, 9.17) is 5.73 Å². The first kappa shape index (κ1) is 11.8. The average Bonchev–Trinajstić information content (AvgIpc) is 2.98. The monoisotopic (exact) mass is 282 g/mol. The van der Waals surface area contributed by atoms with Gasteiger partial charge in [-0.05, 0) is 66.7 Å². The summed E-state index contributed by atoms with van der Waals surface area (Å²) in [6.07, 6.45) is 2.77. The number of nitrogens with two attached hydrogens (primary N) is 1. The predicted molar refractivity (Wildman–Crippen MR) is 73.8 cm³/mol. The van der Waals surface area contributed by atoms with Crippen LogP contribution in [0.15, 0.2) is 22.7 Å². The predicted octanol–water partition coefficient (Wildman–Crippen LogP) is 3.66. The molecular formula is C13H19BrN2. The number of anilines is 2. The van der Waals surface area contributed by atoms with Gasteiger partial charge in [-0.2, -0.15) is 0 Å². The molecule has 0 spiro atoms. The Kier molecular flexibility index (Phi) is 3.43. The first-order chi connectivity index (χ1) is 7.58. The molecule has 0 bridgehead atoms. The molecule has 0 atom stereocenters. The van der Waals surface area contributed by atoms with E-state index in [-0.39, 0.29) is 0 Å². The summed E-state index contributed by atoms with van der Waals surface area (Å²) < 4.78 is 1.10. The molecule has 3 heteroatoms. The maximum atomic E-state index is 5.77. The van der Waals surface area contributed by atoms with Gasteiger partial charge in [0.15, 0.2) is 0 Å².